The predicted octanol–water partition coefficient (Wildman–Crippen LogP) is 2.87. The van der Waals surface area contributed by atoms with Crippen molar-refractivity contribution in [3.63, 3.8) is 0 Å². The molecule has 1 atom stereocenters. The Morgan fingerprint density at radius 1 is 1.31 bits per heavy atom. The van der Waals surface area contributed by atoms with Crippen molar-refractivity contribution in [2.24, 2.45) is 5.92 Å². The second-order valence-electron chi connectivity index (χ2n) is 7.32. The molecule has 0 unspecified atom stereocenters. The Bertz CT molecular complexity index is 1140. The Kier molecular flexibility index (Phi) is 6.01. The Morgan fingerprint density at radius 2 is 2.06 bits per heavy atom. The van der Waals surface area contributed by atoms with Crippen LogP contribution in [-0.4, -0.2) is 44.1 Å². The van der Waals surface area contributed by atoms with Crippen LogP contribution in [0, 0.1) is 24.2 Å². The van der Waals surface area contributed by atoms with Gasteiger partial charge in [0.1, 0.15) is 29.2 Å². The summed E-state index contributed by atoms with van der Waals surface area (Å²) in [6.45, 7) is 4.65. The Balaban J connectivity index is 1.50. The first-order valence-corrected chi connectivity index (χ1v) is 11.0. The van der Waals surface area contributed by atoms with Gasteiger partial charge in [0, 0.05) is 24.7 Å². The van der Waals surface area contributed by atoms with E-state index in [1.807, 2.05) is 6.07 Å². The van der Waals surface area contributed by atoms with Gasteiger partial charge in [0.2, 0.25) is 11.8 Å². The van der Waals surface area contributed by atoms with Crippen LogP contribution in [0.5, 0.6) is 11.5 Å². The summed E-state index contributed by atoms with van der Waals surface area (Å²) in [6, 6.07) is 7.27. The lowest BCUT2D eigenvalue weighted by atomic mass is 10.1. The number of hydrogen-bond acceptors (Lipinski definition) is 8. The highest BCUT2D eigenvalue weighted by Crippen LogP contribution is 2.37. The van der Waals surface area contributed by atoms with E-state index < -0.39 is 11.9 Å². The molecule has 1 N–H and O–H groups in total. The molecule has 2 amide bonds. The molecule has 4 rings (SSSR count). The highest BCUT2D eigenvalue weighted by atomic mass is 32.1. The molecule has 0 saturated carbocycles. The van der Waals surface area contributed by atoms with Crippen LogP contribution in [0.25, 0.3) is 0 Å². The van der Waals surface area contributed by atoms with E-state index in [1.165, 1.54) is 4.90 Å². The number of ether oxygens (including phenoxy) is 3. The minimum atomic E-state index is -0.601. The number of rotatable bonds is 5. The monoisotopic (exact) mass is 455 g/mol. The average molecular weight is 455 g/mol. The second kappa shape index (κ2) is 8.88. The lowest BCUT2D eigenvalue weighted by molar-refractivity contribution is -0.122. The molecule has 0 bridgehead atoms. The number of benzene rings is 1. The molecule has 2 aromatic rings. The smallest absolute Gasteiger partial charge is 0.348 e. The van der Waals surface area contributed by atoms with Crippen molar-refractivity contribution >= 4 is 39.8 Å². The molecule has 2 aliphatic rings. The third-order valence-electron chi connectivity index (χ3n) is 5.29. The number of nitrogens with one attached hydrogen (secondary N) is 1. The fourth-order valence-corrected chi connectivity index (χ4v) is 4.73. The van der Waals surface area contributed by atoms with E-state index in [1.54, 1.807) is 32.0 Å². The minimum absolute atomic E-state index is 0.0389. The summed E-state index contributed by atoms with van der Waals surface area (Å²) in [5.41, 5.74) is 1.31. The number of hydrogen-bond donors (Lipinski definition) is 1. The van der Waals surface area contributed by atoms with Gasteiger partial charge >= 0.3 is 5.97 Å². The Labute approximate surface area is 188 Å². The van der Waals surface area contributed by atoms with Crippen molar-refractivity contribution in [1.82, 2.24) is 0 Å². The number of amides is 2. The van der Waals surface area contributed by atoms with Crippen LogP contribution >= 0.6 is 11.3 Å². The number of esters is 1. The van der Waals surface area contributed by atoms with E-state index >= 15 is 0 Å². The van der Waals surface area contributed by atoms with Crippen LogP contribution in [0.4, 0.5) is 10.7 Å². The molecule has 0 spiro atoms. The maximum atomic E-state index is 12.9. The van der Waals surface area contributed by atoms with Crippen molar-refractivity contribution in [2.75, 3.05) is 36.6 Å². The van der Waals surface area contributed by atoms with Crippen molar-refractivity contribution in [2.45, 2.75) is 20.3 Å². The molecule has 2 aliphatic heterocycles. The van der Waals surface area contributed by atoms with Crippen LogP contribution in [0.2, 0.25) is 0 Å². The SMILES string of the molecule is CCOC(=O)c1sc(NC(=O)[C@H]2CC(=O)N(c3ccc4c(c3)OCCO4)C2)c(C#N)c1C. The molecule has 0 aliphatic carbocycles. The fraction of sp³-hybridized carbons (Fsp3) is 0.364. The molecule has 1 fully saturated rings. The van der Waals surface area contributed by atoms with Gasteiger partial charge in [-0.25, -0.2) is 4.79 Å². The van der Waals surface area contributed by atoms with Crippen LogP contribution in [0.15, 0.2) is 18.2 Å². The van der Waals surface area contributed by atoms with Gasteiger partial charge in [0.25, 0.3) is 0 Å². The van der Waals surface area contributed by atoms with Crippen LogP contribution < -0.4 is 19.7 Å². The molecule has 10 heteroatoms. The molecule has 32 heavy (non-hydrogen) atoms. The maximum Gasteiger partial charge on any atom is 0.348 e. The molecule has 1 aromatic carbocycles. The number of carbonyl (C=O) groups excluding carboxylic acids is 3. The number of nitrogens with zero attached hydrogens (tertiary/aromatic N) is 2. The zero-order chi connectivity index (χ0) is 22.8. The van der Waals surface area contributed by atoms with Gasteiger partial charge in [-0.1, -0.05) is 0 Å². The van der Waals surface area contributed by atoms with Crippen molar-refractivity contribution in [1.29, 1.82) is 5.26 Å². The second-order valence-corrected chi connectivity index (χ2v) is 8.34. The summed E-state index contributed by atoms with van der Waals surface area (Å²) in [5, 5.41) is 12.5. The maximum absolute atomic E-state index is 12.9. The van der Waals surface area contributed by atoms with Gasteiger partial charge < -0.3 is 24.4 Å². The van der Waals surface area contributed by atoms with E-state index in [0.29, 0.717) is 36.0 Å². The minimum Gasteiger partial charge on any atom is -0.486 e. The lowest BCUT2D eigenvalue weighted by Gasteiger charge is -2.22. The van der Waals surface area contributed by atoms with Crippen molar-refractivity contribution < 1.29 is 28.6 Å². The van der Waals surface area contributed by atoms with E-state index in [-0.39, 0.29) is 46.8 Å². The third-order valence-corrected chi connectivity index (χ3v) is 6.48. The normalized spacial score (nSPS) is 17.1. The first-order valence-electron chi connectivity index (χ1n) is 10.1. The summed E-state index contributed by atoms with van der Waals surface area (Å²) in [5.74, 6) is -0.518. The summed E-state index contributed by atoms with van der Waals surface area (Å²) >= 11 is 1.00. The Hall–Kier alpha value is -3.58. The molecular weight excluding hydrogens is 434 g/mol. The van der Waals surface area contributed by atoms with E-state index in [4.69, 9.17) is 14.2 Å². The summed E-state index contributed by atoms with van der Waals surface area (Å²) in [6.07, 6.45) is 0.0389. The highest BCUT2D eigenvalue weighted by Gasteiger charge is 2.36. The quantitative estimate of drug-likeness (QED) is 0.689. The van der Waals surface area contributed by atoms with E-state index in [2.05, 4.69) is 5.32 Å². The van der Waals surface area contributed by atoms with Gasteiger partial charge in [-0.3, -0.25) is 9.59 Å². The lowest BCUT2D eigenvalue weighted by Crippen LogP contribution is -2.28. The molecule has 1 aromatic heterocycles. The van der Waals surface area contributed by atoms with Gasteiger partial charge in [-0.2, -0.15) is 5.26 Å². The first kappa shape index (κ1) is 21.6. The fourth-order valence-electron chi connectivity index (χ4n) is 3.67. The van der Waals surface area contributed by atoms with Crippen LogP contribution in [0.1, 0.15) is 34.1 Å². The average Bonchev–Trinajstić information content (AvgIpc) is 3.33. The van der Waals surface area contributed by atoms with Crippen LogP contribution in [-0.2, 0) is 14.3 Å². The van der Waals surface area contributed by atoms with Gasteiger partial charge in [0.15, 0.2) is 11.5 Å². The summed E-state index contributed by atoms with van der Waals surface area (Å²) in [7, 11) is 0. The number of thiophene rings is 1. The molecule has 166 valence electrons. The zero-order valence-electron chi connectivity index (χ0n) is 17.6. The van der Waals surface area contributed by atoms with E-state index in [0.717, 1.165) is 11.3 Å². The standard InChI is InChI=1S/C22H21N3O6S/c1-3-29-22(28)19-12(2)15(10-23)21(32-19)24-20(27)13-8-18(26)25(11-13)14-4-5-16-17(9-14)31-7-6-30-16/h4-5,9,13H,3,6-8,11H2,1-2H3,(H,24,27)/t13-/m0/s1. The molecule has 9 nitrogen and oxygen atoms in total. The highest BCUT2D eigenvalue weighted by molar-refractivity contribution is 7.18. The van der Waals surface area contributed by atoms with Gasteiger partial charge in [0.05, 0.1) is 18.1 Å². The number of anilines is 2. The van der Waals surface area contributed by atoms with Crippen LogP contribution in [0.3, 0.4) is 0 Å². The van der Waals surface area contributed by atoms with Crippen molar-refractivity contribution in [3.05, 3.63) is 34.2 Å². The molecule has 1 saturated heterocycles. The van der Waals surface area contributed by atoms with E-state index in [9.17, 15) is 19.6 Å². The zero-order valence-corrected chi connectivity index (χ0v) is 18.4. The summed E-state index contributed by atoms with van der Waals surface area (Å²) < 4.78 is 16.1. The summed E-state index contributed by atoms with van der Waals surface area (Å²) in [4.78, 5) is 39.5. The van der Waals surface area contributed by atoms with Gasteiger partial charge in [-0.15, -0.1) is 11.3 Å². The third kappa shape index (κ3) is 3.99. The number of fused-ring (bicyclic) bond motifs is 1. The number of carbonyl (C=O) groups is 3. The largest absolute Gasteiger partial charge is 0.486 e. The predicted molar refractivity (Wildman–Crippen MR) is 116 cm³/mol. The first-order chi connectivity index (χ1) is 15.4. The molecule has 3 heterocycles. The van der Waals surface area contributed by atoms with Crippen molar-refractivity contribution in [3.8, 4) is 17.6 Å². The molecular formula is C22H21N3O6S. The van der Waals surface area contributed by atoms with Gasteiger partial charge in [-0.05, 0) is 31.5 Å². The Morgan fingerprint density at radius 3 is 2.78 bits per heavy atom. The number of nitriles is 1. The molecule has 0 radical (unpaired) electrons. The topological polar surface area (TPSA) is 118 Å².